The lowest BCUT2D eigenvalue weighted by Gasteiger charge is -2.51. The standard InChI is InChI=1S/C17H36N2O2.C17H34N2O.C16H34N2O2.C14H29N.C13H26O.C12H25N.C11H24N2.C10H21N/c1-16(2,3)15-20-13-11-18-7-9-19(10-8-18)12-14-21-17(4,5)6;1-15(2,3)13-18-9-7-17(8-10-18)14-19(11-12-20-17)16(4,5)6;1-15(2,3)19-13-11-17-7-9-18(10-8-17)12-14-20-16(4,5)6;1-13(2,3)11-15-9-7-12(8-10-15)14(4,5)6;1-12(2,3)8-10-7-11(10)9-14-13(4,5)6;1-11(2,3)7-10-8-13(10)9-12(4,5)6;1-11(2,3)10-13-7-5-6-12(4)8-9-13;1-9-5-6-11(7-9)8-10(2,3)4/h7-15H2,1-6H3;2*7-14H2,1-6H3;12H,7-11H2,1-6H3;10-11H,7-9H2,1-6H3;10H,7-9H2,1-6H3;5-10H2,1-4H3;9H,5-8H2,1-4H3. The van der Waals surface area contributed by atoms with Gasteiger partial charge in [0.25, 0.3) is 0 Å². The predicted molar refractivity (Wildman–Crippen MR) is 554 cm³/mol. The SMILES string of the molecule is CC(C)(C)CC1CC1COC(C)(C)C.CC(C)(C)CC1CN1CC(C)(C)C.CC(C)(C)CN1CCC(C(C)(C)C)CC1.CC(C)(C)CN1CCC2(CC1)CN(C(C)(C)C)CCO2.CC(C)(C)COCCN1CCN(CCOC(C)(C)C)CC1.CC(C)(C)OCCN1CCN(CCOC(C)(C)C)CC1.CC1CCN(CC(C)(C)C)C1.CN1CCCN(CC(C)(C)C)CC1. The van der Waals surface area contributed by atoms with Gasteiger partial charge in [-0.05, 0) is 274 Å². The third kappa shape index (κ3) is 68.1. The summed E-state index contributed by atoms with van der Waals surface area (Å²) in [5.41, 5.74) is 4.36. The average Bonchev–Trinajstić information content (AvgIpc) is 1.10. The van der Waals surface area contributed by atoms with Crippen molar-refractivity contribution in [2.45, 2.75) is 395 Å². The molecule has 8 heterocycles. The second kappa shape index (κ2) is 54.0. The van der Waals surface area contributed by atoms with Crippen LogP contribution < -0.4 is 0 Å². The maximum atomic E-state index is 6.24. The normalized spacial score (nSPS) is 23.8. The highest BCUT2D eigenvalue weighted by molar-refractivity contribution is 4.98. The Bertz CT molecular complexity index is 2750. The number of hydrogen-bond acceptors (Lipinski definition) is 17. The zero-order valence-corrected chi connectivity index (χ0v) is 94.3. The lowest BCUT2D eigenvalue weighted by molar-refractivity contribution is -0.152. The number of morpholine rings is 1. The minimum absolute atomic E-state index is 0.0216. The van der Waals surface area contributed by atoms with E-state index < -0.39 is 0 Å². The highest BCUT2D eigenvalue weighted by Crippen LogP contribution is 2.47. The Morgan fingerprint density at radius 3 is 1.06 bits per heavy atom. The van der Waals surface area contributed by atoms with Gasteiger partial charge in [-0.3, -0.25) is 29.4 Å². The third-order valence-electron chi connectivity index (χ3n) is 24.8. The van der Waals surface area contributed by atoms with Gasteiger partial charge in [0.15, 0.2) is 0 Å². The summed E-state index contributed by atoms with van der Waals surface area (Å²) < 4.78 is 35.2. The molecular formula is C110H229N11O6. The number of piperidine rings is 2. The van der Waals surface area contributed by atoms with Crippen LogP contribution in [0.3, 0.4) is 0 Å². The molecule has 0 aromatic rings. The van der Waals surface area contributed by atoms with Crippen LogP contribution >= 0.6 is 0 Å². The Hall–Kier alpha value is -0.680. The van der Waals surface area contributed by atoms with Crippen molar-refractivity contribution in [3.05, 3.63) is 0 Å². The van der Waals surface area contributed by atoms with Crippen LogP contribution in [0.1, 0.15) is 356 Å². The lowest BCUT2D eigenvalue weighted by atomic mass is 9.75. The topological polar surface area (TPSA) is 90.8 Å². The van der Waals surface area contributed by atoms with E-state index in [1.165, 1.54) is 163 Å². The fourth-order valence-corrected chi connectivity index (χ4v) is 18.2. The maximum absolute atomic E-state index is 6.24. The van der Waals surface area contributed by atoms with Gasteiger partial charge in [0.2, 0.25) is 0 Å². The van der Waals surface area contributed by atoms with Crippen molar-refractivity contribution in [1.29, 1.82) is 0 Å². The van der Waals surface area contributed by atoms with Gasteiger partial charge in [-0.25, -0.2) is 0 Å². The molecule has 1 aliphatic carbocycles. The summed E-state index contributed by atoms with van der Waals surface area (Å²) >= 11 is 0. The lowest BCUT2D eigenvalue weighted by Crippen LogP contribution is -2.60. The molecule has 760 valence electrons. The van der Waals surface area contributed by atoms with Crippen LogP contribution in [0.15, 0.2) is 0 Å². The minimum Gasteiger partial charge on any atom is -0.380 e. The number of likely N-dealkylation sites (N-methyl/N-ethyl adjacent to an activating group) is 1. The van der Waals surface area contributed by atoms with Crippen molar-refractivity contribution < 1.29 is 28.4 Å². The monoisotopic (exact) mass is 1800 g/mol. The first-order chi connectivity index (χ1) is 57.4. The van der Waals surface area contributed by atoms with E-state index in [1.54, 1.807) is 0 Å². The summed E-state index contributed by atoms with van der Waals surface area (Å²) in [6.45, 7) is 139. The van der Waals surface area contributed by atoms with E-state index in [0.29, 0.717) is 43.3 Å². The number of ether oxygens (including phenoxy) is 6. The Labute approximate surface area is 795 Å². The molecule has 9 fully saturated rings. The van der Waals surface area contributed by atoms with E-state index in [2.05, 4.69) is 359 Å². The Morgan fingerprint density at radius 1 is 0.331 bits per heavy atom. The van der Waals surface area contributed by atoms with Gasteiger partial charge in [0.1, 0.15) is 0 Å². The molecule has 8 aliphatic heterocycles. The molecule has 0 radical (unpaired) electrons. The quantitative estimate of drug-likeness (QED) is 0.0760. The predicted octanol–water partition coefficient (Wildman–Crippen LogP) is 22.6. The number of piperazine rings is 2. The van der Waals surface area contributed by atoms with Gasteiger partial charge < -0.3 is 52.9 Å². The van der Waals surface area contributed by atoms with Crippen LogP contribution in [0.25, 0.3) is 0 Å². The molecule has 17 heteroatoms. The molecule has 1 saturated carbocycles. The molecule has 9 aliphatic rings. The second-order valence-corrected chi connectivity index (χ2v) is 56.8. The van der Waals surface area contributed by atoms with E-state index in [1.807, 2.05) is 0 Å². The zero-order chi connectivity index (χ0) is 97.5. The summed E-state index contributed by atoms with van der Waals surface area (Å²) in [6, 6.07) is 0.874. The summed E-state index contributed by atoms with van der Waals surface area (Å²) in [7, 11) is 2.22. The van der Waals surface area contributed by atoms with Gasteiger partial charge >= 0.3 is 0 Å². The molecule has 8 saturated heterocycles. The summed E-state index contributed by atoms with van der Waals surface area (Å²) in [4.78, 5) is 28.1. The van der Waals surface area contributed by atoms with Gasteiger partial charge in [-0.2, -0.15) is 0 Å². The molecule has 127 heavy (non-hydrogen) atoms. The van der Waals surface area contributed by atoms with Crippen molar-refractivity contribution >= 4 is 0 Å². The van der Waals surface area contributed by atoms with Crippen molar-refractivity contribution in [3.8, 4) is 0 Å². The van der Waals surface area contributed by atoms with Crippen molar-refractivity contribution in [2.75, 3.05) is 250 Å². The Kier molecular flexibility index (Phi) is 52.1. The number of likely N-dealkylation sites (tertiary alicyclic amines) is 3. The molecule has 5 atom stereocenters. The molecule has 0 aromatic carbocycles. The molecular weight excluding hydrogens is 1570 g/mol. The second-order valence-electron chi connectivity index (χ2n) is 56.8. The van der Waals surface area contributed by atoms with Crippen LogP contribution in [-0.4, -0.2) is 343 Å². The molecule has 17 nitrogen and oxygen atoms in total. The van der Waals surface area contributed by atoms with Crippen LogP contribution in [-0.2, 0) is 28.4 Å². The number of nitrogens with zero attached hydrogens (tertiary/aromatic N) is 11. The minimum atomic E-state index is -0.0217. The molecule has 0 bridgehead atoms. The van der Waals surface area contributed by atoms with Gasteiger partial charge in [0.05, 0.1) is 74.3 Å². The van der Waals surface area contributed by atoms with Gasteiger partial charge in [0, 0.05) is 175 Å². The van der Waals surface area contributed by atoms with E-state index in [-0.39, 0.29) is 39.0 Å². The molecule has 5 unspecified atom stereocenters. The summed E-state index contributed by atoms with van der Waals surface area (Å²) in [5, 5.41) is 0. The first kappa shape index (κ1) is 122. The molecule has 0 amide bonds. The Morgan fingerprint density at radius 2 is 0.701 bits per heavy atom. The van der Waals surface area contributed by atoms with Crippen LogP contribution in [0.4, 0.5) is 0 Å². The maximum Gasteiger partial charge on any atom is 0.0834 e. The van der Waals surface area contributed by atoms with Gasteiger partial charge in [-0.1, -0.05) is 194 Å². The Balaban J connectivity index is 0.000000496. The van der Waals surface area contributed by atoms with Crippen molar-refractivity contribution in [2.24, 2.45) is 72.4 Å². The van der Waals surface area contributed by atoms with Crippen molar-refractivity contribution in [1.82, 2.24) is 53.9 Å². The van der Waals surface area contributed by atoms with Gasteiger partial charge in [-0.15, -0.1) is 0 Å². The van der Waals surface area contributed by atoms with E-state index in [0.717, 1.165) is 168 Å². The summed E-state index contributed by atoms with van der Waals surface area (Å²) in [6.07, 6.45) is 12.0. The number of rotatable bonds is 22. The highest BCUT2D eigenvalue weighted by atomic mass is 16.5. The highest BCUT2D eigenvalue weighted by Gasteiger charge is 2.44. The van der Waals surface area contributed by atoms with Crippen LogP contribution in [0.5, 0.6) is 0 Å². The molecule has 1 spiro atoms. The zero-order valence-electron chi connectivity index (χ0n) is 94.3. The number of hydrogen-bond donors (Lipinski definition) is 0. The average molecular weight is 1800 g/mol. The fraction of sp³-hybridized carbons (Fsp3) is 1.00. The van der Waals surface area contributed by atoms with E-state index >= 15 is 0 Å². The van der Waals surface area contributed by atoms with Crippen LogP contribution in [0, 0.1) is 72.4 Å². The van der Waals surface area contributed by atoms with Crippen LogP contribution in [0.2, 0.25) is 0 Å². The molecule has 9 rings (SSSR count). The first-order valence-electron chi connectivity index (χ1n) is 52.1. The molecule has 0 aromatic heterocycles. The molecule has 0 N–H and O–H groups in total. The van der Waals surface area contributed by atoms with E-state index in [9.17, 15) is 0 Å². The largest absolute Gasteiger partial charge is 0.380 e. The van der Waals surface area contributed by atoms with E-state index in [4.69, 9.17) is 28.4 Å². The fourth-order valence-electron chi connectivity index (χ4n) is 18.2. The van der Waals surface area contributed by atoms with Crippen molar-refractivity contribution in [3.63, 3.8) is 0 Å². The first-order valence-corrected chi connectivity index (χ1v) is 52.1. The smallest absolute Gasteiger partial charge is 0.0834 e. The summed E-state index contributed by atoms with van der Waals surface area (Å²) in [5.74, 6) is 3.62. The third-order valence-corrected chi connectivity index (χ3v) is 24.8.